The van der Waals surface area contributed by atoms with Crippen LogP contribution in [0.15, 0.2) is 0 Å². The standard InChI is InChI=1S/C11H19NO3.C8H17NO3.C3H3Br/c1-2-3-12-4-6-13-8-10-15-11-9-14-7-5-12;1-3-10-5-7-12-8-6-11-4-2-9-1;1-2-3-4/h1H,3-11H2;9H,1-8H2;1H,3H2. The largest absolute Gasteiger partial charge is 0.378 e. The van der Waals surface area contributed by atoms with Crippen LogP contribution in [0.25, 0.3) is 0 Å². The quantitative estimate of drug-likeness (QED) is 0.410. The third kappa shape index (κ3) is 25.4. The van der Waals surface area contributed by atoms with Crippen molar-refractivity contribution in [1.29, 1.82) is 0 Å². The van der Waals surface area contributed by atoms with E-state index in [2.05, 4.69) is 38.0 Å². The van der Waals surface area contributed by atoms with Crippen molar-refractivity contribution >= 4 is 15.9 Å². The van der Waals surface area contributed by atoms with E-state index in [4.69, 9.17) is 41.3 Å². The van der Waals surface area contributed by atoms with Gasteiger partial charge in [-0.2, -0.15) is 0 Å². The molecule has 2 aliphatic rings. The van der Waals surface area contributed by atoms with E-state index in [9.17, 15) is 0 Å². The SMILES string of the molecule is C#CCBr.C#CCN1CCOCCOCCOCC1.C1COCCOCCOCCN1. The molecule has 0 unspecified atom stereocenters. The second-order valence-corrected chi connectivity index (χ2v) is 6.80. The topological polar surface area (TPSA) is 70.7 Å². The number of ether oxygens (including phenoxy) is 6. The van der Waals surface area contributed by atoms with E-state index >= 15 is 0 Å². The fourth-order valence-electron chi connectivity index (χ4n) is 2.28. The van der Waals surface area contributed by atoms with Gasteiger partial charge in [-0.1, -0.05) is 27.8 Å². The van der Waals surface area contributed by atoms with Crippen molar-refractivity contribution in [2.24, 2.45) is 0 Å². The molecule has 2 saturated heterocycles. The van der Waals surface area contributed by atoms with Crippen molar-refractivity contribution in [3.63, 3.8) is 0 Å². The molecule has 1 N–H and O–H groups in total. The summed E-state index contributed by atoms with van der Waals surface area (Å²) in [7, 11) is 0. The number of terminal acetylenes is 2. The van der Waals surface area contributed by atoms with Gasteiger partial charge in [0, 0.05) is 26.2 Å². The average molecular weight is 507 g/mol. The lowest BCUT2D eigenvalue weighted by Gasteiger charge is -2.20. The van der Waals surface area contributed by atoms with Crippen LogP contribution in [0.2, 0.25) is 0 Å². The third-order valence-electron chi connectivity index (χ3n) is 3.83. The average Bonchev–Trinajstić information content (AvgIpc) is 2.77. The summed E-state index contributed by atoms with van der Waals surface area (Å²) in [5.41, 5.74) is 0. The first-order chi connectivity index (χ1) is 15.3. The van der Waals surface area contributed by atoms with Gasteiger partial charge in [-0.15, -0.1) is 12.8 Å². The van der Waals surface area contributed by atoms with Crippen LogP contribution < -0.4 is 5.32 Å². The first kappa shape index (κ1) is 30.3. The number of alkyl halides is 1. The molecule has 0 amide bonds. The van der Waals surface area contributed by atoms with E-state index in [0.29, 0.717) is 77.9 Å². The Balaban J connectivity index is 0.000000504. The van der Waals surface area contributed by atoms with E-state index < -0.39 is 0 Å². The second kappa shape index (κ2) is 27.3. The summed E-state index contributed by atoms with van der Waals surface area (Å²) in [5.74, 6) is 4.99. The van der Waals surface area contributed by atoms with Crippen molar-refractivity contribution in [3.8, 4) is 24.7 Å². The van der Waals surface area contributed by atoms with Crippen molar-refractivity contribution in [1.82, 2.24) is 10.2 Å². The Morgan fingerprint density at radius 3 is 1.32 bits per heavy atom. The van der Waals surface area contributed by atoms with E-state index in [-0.39, 0.29) is 0 Å². The number of halogens is 1. The lowest BCUT2D eigenvalue weighted by atomic mass is 10.4. The van der Waals surface area contributed by atoms with Gasteiger partial charge in [0.1, 0.15) is 0 Å². The minimum absolute atomic E-state index is 0.637. The number of nitrogens with zero attached hydrogens (tertiary/aromatic N) is 1. The summed E-state index contributed by atoms with van der Waals surface area (Å²) in [6.07, 6.45) is 10.0. The van der Waals surface area contributed by atoms with Crippen molar-refractivity contribution in [3.05, 3.63) is 0 Å². The predicted octanol–water partition coefficient (Wildman–Crippen LogP) is 0.639. The van der Waals surface area contributed by atoms with E-state index in [1.807, 2.05) is 0 Å². The molecule has 0 radical (unpaired) electrons. The minimum Gasteiger partial charge on any atom is -0.378 e. The molecule has 8 nitrogen and oxygen atoms in total. The summed E-state index contributed by atoms with van der Waals surface area (Å²) in [6.45, 7) is 12.3. The van der Waals surface area contributed by atoms with Gasteiger partial charge in [-0.05, 0) is 0 Å². The van der Waals surface area contributed by atoms with Gasteiger partial charge >= 0.3 is 0 Å². The van der Waals surface area contributed by atoms with Gasteiger partial charge in [0.05, 0.1) is 91.2 Å². The summed E-state index contributed by atoms with van der Waals surface area (Å²) >= 11 is 3.01. The van der Waals surface area contributed by atoms with Crippen LogP contribution in [0, 0.1) is 24.7 Å². The maximum atomic E-state index is 5.41. The molecule has 0 saturated carbocycles. The molecule has 0 bridgehead atoms. The smallest absolute Gasteiger partial charge is 0.0701 e. The summed E-state index contributed by atoms with van der Waals surface area (Å²) in [6, 6.07) is 0. The molecular weight excluding hydrogens is 468 g/mol. The van der Waals surface area contributed by atoms with Crippen LogP contribution in [0.5, 0.6) is 0 Å². The molecule has 0 spiro atoms. The molecule has 0 atom stereocenters. The number of hydrogen-bond donors (Lipinski definition) is 1. The third-order valence-corrected chi connectivity index (χ3v) is 4.15. The summed E-state index contributed by atoms with van der Waals surface area (Å²) in [4.78, 5) is 2.16. The summed E-state index contributed by atoms with van der Waals surface area (Å²) < 4.78 is 31.9. The molecule has 2 heterocycles. The molecular formula is C22H39BrN2O6. The predicted molar refractivity (Wildman–Crippen MR) is 126 cm³/mol. The summed E-state index contributed by atoms with van der Waals surface area (Å²) in [5, 5.41) is 3.87. The van der Waals surface area contributed by atoms with E-state index in [0.717, 1.165) is 39.4 Å². The Morgan fingerprint density at radius 1 is 0.613 bits per heavy atom. The lowest BCUT2D eigenvalue weighted by molar-refractivity contribution is -0.00418. The van der Waals surface area contributed by atoms with Crippen molar-refractivity contribution in [2.75, 3.05) is 117 Å². The Bertz CT molecular complexity index is 390. The molecule has 0 aromatic carbocycles. The molecule has 31 heavy (non-hydrogen) atoms. The van der Waals surface area contributed by atoms with Gasteiger partial charge in [0.15, 0.2) is 0 Å². The maximum absolute atomic E-state index is 5.41. The Labute approximate surface area is 196 Å². The minimum atomic E-state index is 0.637. The monoisotopic (exact) mass is 506 g/mol. The van der Waals surface area contributed by atoms with Crippen LogP contribution in [0.3, 0.4) is 0 Å². The molecule has 0 aromatic heterocycles. The van der Waals surface area contributed by atoms with E-state index in [1.165, 1.54) is 0 Å². The Hall–Kier alpha value is -0.720. The lowest BCUT2D eigenvalue weighted by Crippen LogP contribution is -2.32. The van der Waals surface area contributed by atoms with Crippen LogP contribution in [0.1, 0.15) is 0 Å². The van der Waals surface area contributed by atoms with Crippen LogP contribution in [-0.4, -0.2) is 122 Å². The fraction of sp³-hybridized carbons (Fsp3) is 0.818. The fourth-order valence-corrected chi connectivity index (χ4v) is 2.28. The van der Waals surface area contributed by atoms with Crippen LogP contribution in [-0.2, 0) is 28.4 Å². The van der Waals surface area contributed by atoms with Crippen LogP contribution in [0.4, 0.5) is 0 Å². The first-order valence-corrected chi connectivity index (χ1v) is 11.8. The molecule has 9 heteroatoms. The van der Waals surface area contributed by atoms with Gasteiger partial charge in [0.25, 0.3) is 0 Å². The number of nitrogens with one attached hydrogen (secondary N) is 1. The highest BCUT2D eigenvalue weighted by molar-refractivity contribution is 9.09. The molecule has 2 aliphatic heterocycles. The molecule has 2 fully saturated rings. The highest BCUT2D eigenvalue weighted by Crippen LogP contribution is 1.91. The molecule has 2 rings (SSSR count). The first-order valence-electron chi connectivity index (χ1n) is 10.7. The Morgan fingerprint density at radius 2 is 0.968 bits per heavy atom. The molecule has 0 aliphatic carbocycles. The molecule has 180 valence electrons. The van der Waals surface area contributed by atoms with Gasteiger partial charge in [-0.25, -0.2) is 0 Å². The zero-order chi connectivity index (χ0) is 22.7. The second-order valence-electron chi connectivity index (χ2n) is 6.24. The van der Waals surface area contributed by atoms with Gasteiger partial charge < -0.3 is 33.7 Å². The highest BCUT2D eigenvalue weighted by Gasteiger charge is 2.04. The number of hydrogen-bond acceptors (Lipinski definition) is 8. The molecule has 0 aromatic rings. The van der Waals surface area contributed by atoms with Crippen LogP contribution >= 0.6 is 15.9 Å². The number of rotatable bonds is 1. The van der Waals surface area contributed by atoms with Gasteiger partial charge in [-0.3, -0.25) is 4.90 Å². The van der Waals surface area contributed by atoms with Crippen molar-refractivity contribution < 1.29 is 28.4 Å². The van der Waals surface area contributed by atoms with E-state index in [1.54, 1.807) is 0 Å². The highest BCUT2D eigenvalue weighted by atomic mass is 79.9. The zero-order valence-corrected chi connectivity index (χ0v) is 20.2. The van der Waals surface area contributed by atoms with Gasteiger partial charge in [0.2, 0.25) is 0 Å². The Kier molecular flexibility index (Phi) is 26.7. The van der Waals surface area contributed by atoms with Crippen molar-refractivity contribution in [2.45, 2.75) is 0 Å². The maximum Gasteiger partial charge on any atom is 0.0701 e. The zero-order valence-electron chi connectivity index (χ0n) is 18.7. The normalized spacial score (nSPS) is 20.7.